The highest BCUT2D eigenvalue weighted by Gasteiger charge is 2.24. The Bertz CT molecular complexity index is 589. The second-order valence-corrected chi connectivity index (χ2v) is 7.40. The van der Waals surface area contributed by atoms with Crippen molar-refractivity contribution in [2.24, 2.45) is 11.8 Å². The number of benzene rings is 1. The number of nitrogens with zero attached hydrogens (tertiary/aromatic N) is 2. The average molecular weight is 350 g/mol. The summed E-state index contributed by atoms with van der Waals surface area (Å²) in [5.41, 5.74) is 1.39. The molecule has 6 nitrogen and oxygen atoms in total. The van der Waals surface area contributed by atoms with Gasteiger partial charge in [-0.15, -0.1) is 0 Å². The van der Waals surface area contributed by atoms with E-state index in [2.05, 4.69) is 32.6 Å². The molecule has 6 heteroatoms. The van der Waals surface area contributed by atoms with E-state index in [1.165, 1.54) is 0 Å². The van der Waals surface area contributed by atoms with E-state index in [1.54, 1.807) is 12.1 Å². The third-order valence-electron chi connectivity index (χ3n) is 4.09. The number of nitro benzene ring substituents is 1. The van der Waals surface area contributed by atoms with E-state index in [0.717, 1.165) is 18.7 Å². The van der Waals surface area contributed by atoms with Crippen molar-refractivity contribution in [1.29, 1.82) is 0 Å². The van der Waals surface area contributed by atoms with Crippen molar-refractivity contribution < 1.29 is 14.8 Å². The third-order valence-corrected chi connectivity index (χ3v) is 4.09. The lowest BCUT2D eigenvalue weighted by Gasteiger charge is -2.28. The highest BCUT2D eigenvalue weighted by molar-refractivity contribution is 5.69. The van der Waals surface area contributed by atoms with Crippen LogP contribution in [0.5, 0.6) is 0 Å². The van der Waals surface area contributed by atoms with Gasteiger partial charge in [0.05, 0.1) is 11.3 Å². The molecule has 0 aromatic heterocycles. The predicted molar refractivity (Wildman–Crippen MR) is 100 cm³/mol. The van der Waals surface area contributed by atoms with E-state index < -0.39 is 5.97 Å². The molecule has 0 heterocycles. The van der Waals surface area contributed by atoms with Crippen molar-refractivity contribution in [3.05, 3.63) is 33.9 Å². The summed E-state index contributed by atoms with van der Waals surface area (Å²) in [6.07, 6.45) is 0.610. The smallest absolute Gasteiger partial charge is 0.303 e. The number of carboxylic acid groups (broad SMARTS) is 1. The topological polar surface area (TPSA) is 83.7 Å². The maximum Gasteiger partial charge on any atom is 0.303 e. The Morgan fingerprint density at radius 3 is 2.16 bits per heavy atom. The highest BCUT2D eigenvalue weighted by Crippen LogP contribution is 2.34. The summed E-state index contributed by atoms with van der Waals surface area (Å²) in [5, 5.41) is 20.7. The monoisotopic (exact) mass is 350 g/mol. The van der Waals surface area contributed by atoms with Crippen molar-refractivity contribution in [3.63, 3.8) is 0 Å². The number of rotatable bonds is 10. The van der Waals surface area contributed by atoms with Gasteiger partial charge in [-0.2, -0.15) is 0 Å². The minimum atomic E-state index is -0.889. The molecule has 0 spiro atoms. The van der Waals surface area contributed by atoms with Gasteiger partial charge in [0.25, 0.3) is 5.69 Å². The van der Waals surface area contributed by atoms with Crippen molar-refractivity contribution in [2.75, 3.05) is 18.0 Å². The molecule has 1 aromatic rings. The quantitative estimate of drug-likeness (QED) is 0.489. The van der Waals surface area contributed by atoms with Crippen LogP contribution >= 0.6 is 0 Å². The van der Waals surface area contributed by atoms with Gasteiger partial charge in [0, 0.05) is 19.2 Å². The zero-order valence-corrected chi connectivity index (χ0v) is 15.9. The van der Waals surface area contributed by atoms with Crippen LogP contribution in [0.1, 0.15) is 58.9 Å². The Kier molecular flexibility index (Phi) is 7.87. The fraction of sp³-hybridized carbons (Fsp3) is 0.632. The fourth-order valence-corrected chi connectivity index (χ4v) is 3.07. The van der Waals surface area contributed by atoms with E-state index in [0.29, 0.717) is 23.9 Å². The van der Waals surface area contributed by atoms with Crippen molar-refractivity contribution in [3.8, 4) is 0 Å². The van der Waals surface area contributed by atoms with Gasteiger partial charge in [-0.3, -0.25) is 14.9 Å². The molecule has 1 atom stereocenters. The van der Waals surface area contributed by atoms with Crippen molar-refractivity contribution >= 4 is 17.3 Å². The highest BCUT2D eigenvalue weighted by atomic mass is 16.6. The number of carbonyl (C=O) groups is 1. The van der Waals surface area contributed by atoms with Crippen molar-refractivity contribution in [1.82, 2.24) is 0 Å². The van der Waals surface area contributed by atoms with Crippen LogP contribution in [0.4, 0.5) is 11.4 Å². The molecule has 0 radical (unpaired) electrons. The summed E-state index contributed by atoms with van der Waals surface area (Å²) >= 11 is 0. The first-order chi connectivity index (χ1) is 11.6. The Balaban J connectivity index is 3.30. The molecule has 0 amide bonds. The molecule has 0 saturated carbocycles. The third kappa shape index (κ3) is 6.36. The Morgan fingerprint density at radius 2 is 1.76 bits per heavy atom. The Labute approximate surface area is 150 Å². The molecule has 1 aromatic carbocycles. The molecule has 0 aliphatic carbocycles. The molecule has 1 N–H and O–H groups in total. The molecule has 0 fully saturated rings. The average Bonchev–Trinajstić information content (AvgIpc) is 2.50. The molecule has 0 aliphatic heterocycles. The number of anilines is 1. The summed E-state index contributed by atoms with van der Waals surface area (Å²) < 4.78 is 0. The van der Waals surface area contributed by atoms with Gasteiger partial charge in [0.2, 0.25) is 0 Å². The van der Waals surface area contributed by atoms with E-state index in [9.17, 15) is 14.9 Å². The minimum absolute atomic E-state index is 0.0191. The van der Waals surface area contributed by atoms with E-state index >= 15 is 0 Å². The van der Waals surface area contributed by atoms with Gasteiger partial charge < -0.3 is 10.0 Å². The largest absolute Gasteiger partial charge is 0.481 e. The fourth-order valence-electron chi connectivity index (χ4n) is 3.07. The van der Waals surface area contributed by atoms with Crippen LogP contribution in [0.3, 0.4) is 0 Å². The van der Waals surface area contributed by atoms with Gasteiger partial charge in [-0.25, -0.2) is 0 Å². The first-order valence-corrected chi connectivity index (χ1v) is 8.90. The lowest BCUT2D eigenvalue weighted by Crippen LogP contribution is -2.31. The second-order valence-electron chi connectivity index (χ2n) is 7.40. The van der Waals surface area contributed by atoms with Gasteiger partial charge in [0.15, 0.2) is 0 Å². The molecule has 0 unspecified atom stereocenters. The summed E-state index contributed by atoms with van der Waals surface area (Å²) in [4.78, 5) is 24.4. The second kappa shape index (κ2) is 9.39. The maximum absolute atomic E-state index is 11.6. The lowest BCUT2D eigenvalue weighted by molar-refractivity contribution is -0.384. The molecule has 25 heavy (non-hydrogen) atoms. The van der Waals surface area contributed by atoms with E-state index in [-0.39, 0.29) is 22.9 Å². The van der Waals surface area contributed by atoms with Gasteiger partial charge >= 0.3 is 5.97 Å². The van der Waals surface area contributed by atoms with Gasteiger partial charge in [0.1, 0.15) is 5.69 Å². The zero-order chi connectivity index (χ0) is 19.1. The summed E-state index contributed by atoms with van der Waals surface area (Å²) in [6, 6.07) is 5.18. The van der Waals surface area contributed by atoms with Crippen LogP contribution in [0, 0.1) is 22.0 Å². The summed E-state index contributed by atoms with van der Waals surface area (Å²) in [7, 11) is 0. The van der Waals surface area contributed by atoms with Crippen LogP contribution in [0.2, 0.25) is 0 Å². The van der Waals surface area contributed by atoms with E-state index in [1.807, 2.05) is 13.0 Å². The normalized spacial score (nSPS) is 12.4. The first-order valence-electron chi connectivity index (χ1n) is 8.90. The van der Waals surface area contributed by atoms with Gasteiger partial charge in [-0.1, -0.05) is 40.7 Å². The summed E-state index contributed by atoms with van der Waals surface area (Å²) in [5.74, 6) is -0.337. The maximum atomic E-state index is 11.6. The molecule has 0 aliphatic rings. The minimum Gasteiger partial charge on any atom is -0.481 e. The van der Waals surface area contributed by atoms with Crippen LogP contribution in [-0.4, -0.2) is 29.1 Å². The molecule has 0 saturated heterocycles. The lowest BCUT2D eigenvalue weighted by atomic mass is 9.92. The molecule has 140 valence electrons. The zero-order valence-electron chi connectivity index (χ0n) is 15.9. The van der Waals surface area contributed by atoms with E-state index in [4.69, 9.17) is 5.11 Å². The molecular weight excluding hydrogens is 320 g/mol. The molecule has 1 rings (SSSR count). The van der Waals surface area contributed by atoms with Crippen LogP contribution in [0.25, 0.3) is 0 Å². The Hall–Kier alpha value is -2.11. The van der Waals surface area contributed by atoms with Crippen LogP contribution in [0.15, 0.2) is 18.2 Å². The number of carboxylic acids is 1. The SMILES string of the molecule is CC[C@H](CC(=O)O)c1ccc(N(CC(C)C)CC(C)C)c([N+](=O)[O-])c1. The summed E-state index contributed by atoms with van der Waals surface area (Å²) in [6.45, 7) is 11.7. The number of nitro groups is 1. The predicted octanol–water partition coefficient (Wildman–Crippen LogP) is 4.68. The molecular formula is C19H30N2O4. The number of hydrogen-bond donors (Lipinski definition) is 1. The molecule has 0 bridgehead atoms. The van der Waals surface area contributed by atoms with Crippen LogP contribution in [-0.2, 0) is 4.79 Å². The van der Waals surface area contributed by atoms with Gasteiger partial charge in [-0.05, 0) is 35.8 Å². The standard InChI is InChI=1S/C19H30N2O4/c1-6-15(10-19(22)23)16-7-8-17(18(9-16)21(24)25)20(11-13(2)3)12-14(4)5/h7-9,13-15H,6,10-12H2,1-5H3,(H,22,23)/t15-/m1/s1. The first kappa shape index (κ1) is 20.9. The number of hydrogen-bond acceptors (Lipinski definition) is 4. The van der Waals surface area contributed by atoms with Crippen LogP contribution < -0.4 is 4.90 Å². The number of aliphatic carboxylic acids is 1. The Morgan fingerprint density at radius 1 is 1.20 bits per heavy atom. The van der Waals surface area contributed by atoms with Crippen molar-refractivity contribution in [2.45, 2.75) is 53.4 Å².